The molecule has 0 unspecified atom stereocenters. The molecule has 1 saturated heterocycles. The second kappa shape index (κ2) is 6.98. The second-order valence-electron chi connectivity index (χ2n) is 3.11. The van der Waals surface area contributed by atoms with Gasteiger partial charge >= 0.3 is 0 Å². The molecule has 0 bridgehead atoms. The molecule has 0 saturated carbocycles. The summed E-state index contributed by atoms with van der Waals surface area (Å²) < 4.78 is 0. The van der Waals surface area contributed by atoms with Crippen molar-refractivity contribution in [3.05, 3.63) is 35.9 Å². The molecule has 1 aromatic rings. The molecule has 0 aliphatic carbocycles. The van der Waals surface area contributed by atoms with E-state index in [4.69, 9.17) is 0 Å². The first-order valence-electron chi connectivity index (χ1n) is 4.94. The maximum atomic E-state index is 9.88. The van der Waals surface area contributed by atoms with Gasteiger partial charge < -0.3 is 0 Å². The third-order valence-corrected chi connectivity index (χ3v) is 1.79. The summed E-state index contributed by atoms with van der Waals surface area (Å²) in [7, 11) is 0. The Balaban J connectivity index is 0.000000162. The third-order valence-electron chi connectivity index (χ3n) is 1.79. The summed E-state index contributed by atoms with van der Waals surface area (Å²) >= 11 is 0. The Morgan fingerprint density at radius 2 is 2.07 bits per heavy atom. The van der Waals surface area contributed by atoms with Crippen LogP contribution >= 0.6 is 0 Å². The van der Waals surface area contributed by atoms with Gasteiger partial charge in [0.25, 0.3) is 5.91 Å². The van der Waals surface area contributed by atoms with Gasteiger partial charge in [-0.2, -0.15) is 0 Å². The SMILES string of the molecule is CCCc1ccccc1.O=C1COON1. The van der Waals surface area contributed by atoms with Crippen LogP contribution < -0.4 is 5.48 Å². The van der Waals surface area contributed by atoms with Gasteiger partial charge in [0.1, 0.15) is 0 Å². The lowest BCUT2D eigenvalue weighted by atomic mass is 10.1. The van der Waals surface area contributed by atoms with E-state index >= 15 is 0 Å². The van der Waals surface area contributed by atoms with E-state index in [1.165, 1.54) is 18.4 Å². The second-order valence-corrected chi connectivity index (χ2v) is 3.11. The molecule has 4 heteroatoms. The molecule has 1 aromatic carbocycles. The number of benzene rings is 1. The Hall–Kier alpha value is -1.39. The zero-order chi connectivity index (χ0) is 10.9. The van der Waals surface area contributed by atoms with Gasteiger partial charge in [-0.1, -0.05) is 43.7 Å². The van der Waals surface area contributed by atoms with E-state index in [9.17, 15) is 4.79 Å². The molecule has 82 valence electrons. The first-order valence-corrected chi connectivity index (χ1v) is 4.94. The Labute approximate surface area is 89.1 Å². The van der Waals surface area contributed by atoms with Crippen LogP contribution in [0.15, 0.2) is 30.3 Å². The average molecular weight is 209 g/mol. The lowest BCUT2D eigenvalue weighted by Crippen LogP contribution is -2.13. The van der Waals surface area contributed by atoms with E-state index in [-0.39, 0.29) is 12.5 Å². The summed E-state index contributed by atoms with van der Waals surface area (Å²) in [5.41, 5.74) is 3.40. The van der Waals surface area contributed by atoms with Gasteiger partial charge in [0.15, 0.2) is 6.61 Å². The van der Waals surface area contributed by atoms with Gasteiger partial charge in [0, 0.05) is 0 Å². The van der Waals surface area contributed by atoms with Crippen molar-refractivity contribution >= 4 is 5.91 Å². The van der Waals surface area contributed by atoms with Crippen LogP contribution in [0.25, 0.3) is 0 Å². The highest BCUT2D eigenvalue weighted by atomic mass is 17.3. The maximum Gasteiger partial charge on any atom is 0.275 e. The van der Waals surface area contributed by atoms with Crippen molar-refractivity contribution in [2.24, 2.45) is 0 Å². The number of carbonyl (C=O) groups excluding carboxylic acids is 1. The summed E-state index contributed by atoms with van der Waals surface area (Å²) in [5, 5.41) is 0. The average Bonchev–Trinajstić information content (AvgIpc) is 2.72. The highest BCUT2D eigenvalue weighted by Gasteiger charge is 2.08. The predicted octanol–water partition coefficient (Wildman–Crippen LogP) is 1.62. The van der Waals surface area contributed by atoms with E-state index in [2.05, 4.69) is 47.1 Å². The highest BCUT2D eigenvalue weighted by Crippen LogP contribution is 2.00. The number of carbonyl (C=O) groups is 1. The number of nitrogens with one attached hydrogen (secondary N) is 1. The molecule has 4 nitrogen and oxygen atoms in total. The number of hydroxylamine groups is 1. The molecule has 2 rings (SSSR count). The van der Waals surface area contributed by atoms with Gasteiger partial charge in [-0.25, -0.2) is 10.4 Å². The Morgan fingerprint density at radius 1 is 1.33 bits per heavy atom. The Bertz CT molecular complexity index is 279. The molecule has 1 N–H and O–H groups in total. The van der Waals surface area contributed by atoms with E-state index in [0.717, 1.165) is 0 Å². The normalized spacial score (nSPS) is 14.1. The molecular formula is C11H15NO3. The summed E-state index contributed by atoms with van der Waals surface area (Å²) in [5.74, 6) is -0.241. The van der Waals surface area contributed by atoms with Crippen LogP contribution in [0.2, 0.25) is 0 Å². The van der Waals surface area contributed by atoms with Crippen molar-refractivity contribution < 1.29 is 14.7 Å². The number of amides is 1. The van der Waals surface area contributed by atoms with Crippen LogP contribution in [-0.2, 0) is 21.1 Å². The lowest BCUT2D eigenvalue weighted by molar-refractivity contribution is -0.285. The van der Waals surface area contributed by atoms with Gasteiger partial charge in [0.2, 0.25) is 0 Å². The predicted molar refractivity (Wildman–Crippen MR) is 55.6 cm³/mol. The van der Waals surface area contributed by atoms with Crippen molar-refractivity contribution in [2.75, 3.05) is 6.61 Å². The quantitative estimate of drug-likeness (QED) is 0.753. The van der Waals surface area contributed by atoms with Crippen LogP contribution in [0, 0.1) is 0 Å². The number of rotatable bonds is 2. The van der Waals surface area contributed by atoms with E-state index < -0.39 is 0 Å². The van der Waals surface area contributed by atoms with Crippen LogP contribution in [0.4, 0.5) is 0 Å². The zero-order valence-corrected chi connectivity index (χ0v) is 8.73. The largest absolute Gasteiger partial charge is 0.275 e. The minimum absolute atomic E-state index is 0.0139. The van der Waals surface area contributed by atoms with Gasteiger partial charge in [-0.15, -0.1) is 4.99 Å². The number of hydrogen-bond acceptors (Lipinski definition) is 3. The molecule has 0 atom stereocenters. The van der Waals surface area contributed by atoms with Crippen LogP contribution in [0.1, 0.15) is 18.9 Å². The summed E-state index contributed by atoms with van der Waals surface area (Å²) in [4.78, 5) is 17.9. The number of hydrogen-bond donors (Lipinski definition) is 1. The van der Waals surface area contributed by atoms with Gasteiger partial charge in [0.05, 0.1) is 0 Å². The number of aryl methyl sites for hydroxylation is 1. The van der Waals surface area contributed by atoms with Crippen molar-refractivity contribution in [2.45, 2.75) is 19.8 Å². The molecule has 0 spiro atoms. The van der Waals surface area contributed by atoms with Crippen LogP contribution in [0.5, 0.6) is 0 Å². The van der Waals surface area contributed by atoms with Crippen LogP contribution in [0.3, 0.4) is 0 Å². The highest BCUT2D eigenvalue weighted by molar-refractivity contribution is 5.76. The molecule has 0 radical (unpaired) electrons. The standard InChI is InChI=1S/C9H12.C2H3NO3/c1-2-6-9-7-4-3-5-8-9;4-2-1-5-6-3-2/h3-5,7-8H,2,6H2,1H3;1H2,(H,3,4). The summed E-state index contributed by atoms with van der Waals surface area (Å²) in [6.45, 7) is 2.22. The van der Waals surface area contributed by atoms with Crippen molar-refractivity contribution in [1.29, 1.82) is 0 Å². The minimum atomic E-state index is -0.241. The lowest BCUT2D eigenvalue weighted by Gasteiger charge is -1.93. The first kappa shape index (κ1) is 11.7. The summed E-state index contributed by atoms with van der Waals surface area (Å²) in [6.07, 6.45) is 2.45. The molecule has 1 aliphatic rings. The first-order chi connectivity index (χ1) is 7.33. The maximum absolute atomic E-state index is 9.88. The molecule has 1 aliphatic heterocycles. The van der Waals surface area contributed by atoms with Crippen LogP contribution in [-0.4, -0.2) is 12.5 Å². The zero-order valence-electron chi connectivity index (χ0n) is 8.73. The fourth-order valence-corrected chi connectivity index (χ4v) is 1.12. The van der Waals surface area contributed by atoms with E-state index in [1.807, 2.05) is 5.48 Å². The fraction of sp³-hybridized carbons (Fsp3) is 0.364. The minimum Gasteiger partial charge on any atom is -0.270 e. The molecule has 1 amide bonds. The van der Waals surface area contributed by atoms with Gasteiger partial charge in [-0.05, 0) is 12.0 Å². The molecular weight excluding hydrogens is 194 g/mol. The summed E-state index contributed by atoms with van der Waals surface area (Å²) in [6, 6.07) is 10.6. The fourth-order valence-electron chi connectivity index (χ4n) is 1.12. The topological polar surface area (TPSA) is 47.6 Å². The molecule has 0 aromatic heterocycles. The van der Waals surface area contributed by atoms with Crippen molar-refractivity contribution in [3.63, 3.8) is 0 Å². The smallest absolute Gasteiger partial charge is 0.270 e. The van der Waals surface area contributed by atoms with Crippen molar-refractivity contribution in [1.82, 2.24) is 5.48 Å². The third kappa shape index (κ3) is 5.15. The Morgan fingerprint density at radius 3 is 2.47 bits per heavy atom. The molecule has 15 heavy (non-hydrogen) atoms. The van der Waals surface area contributed by atoms with E-state index in [1.54, 1.807) is 0 Å². The monoisotopic (exact) mass is 209 g/mol. The molecule has 1 fully saturated rings. The van der Waals surface area contributed by atoms with Crippen molar-refractivity contribution in [3.8, 4) is 0 Å². The molecule has 1 heterocycles. The van der Waals surface area contributed by atoms with Gasteiger partial charge in [-0.3, -0.25) is 4.79 Å². The van der Waals surface area contributed by atoms with E-state index in [0.29, 0.717) is 0 Å². The Kier molecular flexibility index (Phi) is 5.43.